The molecule has 0 N–H and O–H groups in total. The molecule has 1 atom stereocenters. The first-order valence-corrected chi connectivity index (χ1v) is 10.6. The highest BCUT2D eigenvalue weighted by molar-refractivity contribution is 6.87. The van der Waals surface area contributed by atoms with Gasteiger partial charge in [-0.2, -0.15) is 0 Å². The third-order valence-corrected chi connectivity index (χ3v) is 8.83. The molecule has 1 aliphatic heterocycles. The average Bonchev–Trinajstić information content (AvgIpc) is 2.73. The fraction of sp³-hybridized carbons (Fsp3) is 0.812. The van der Waals surface area contributed by atoms with E-state index in [9.17, 15) is 4.79 Å². The molecule has 0 spiro atoms. The lowest BCUT2D eigenvalue weighted by atomic mass is 10.1. The maximum absolute atomic E-state index is 11.2. The number of rotatable bonds is 5. The summed E-state index contributed by atoms with van der Waals surface area (Å²) in [4.78, 5) is 11.2. The minimum absolute atomic E-state index is 0.160. The molecule has 1 rings (SSSR count). The SMILES string of the molecule is CCCCC1(OCC#C[Si](C)(C)C(C)(C)C)COC(=O)O1. The molecule has 0 radical (unpaired) electrons. The van der Waals surface area contributed by atoms with E-state index in [1.807, 2.05) is 0 Å². The number of hydrogen-bond acceptors (Lipinski definition) is 4. The molecule has 5 heteroatoms. The molecular weight excluding hydrogens is 284 g/mol. The second-order valence-electron chi connectivity index (χ2n) is 7.12. The summed E-state index contributed by atoms with van der Waals surface area (Å²) in [6.07, 6.45) is 1.94. The summed E-state index contributed by atoms with van der Waals surface area (Å²) >= 11 is 0. The number of carbonyl (C=O) groups excluding carboxylic acids is 1. The van der Waals surface area contributed by atoms with Crippen LogP contribution in [-0.4, -0.2) is 33.2 Å². The van der Waals surface area contributed by atoms with Gasteiger partial charge in [0.05, 0.1) is 0 Å². The zero-order valence-electron chi connectivity index (χ0n) is 14.2. The molecule has 1 saturated heterocycles. The Morgan fingerprint density at radius 2 is 2.05 bits per heavy atom. The van der Waals surface area contributed by atoms with Crippen LogP contribution in [0.25, 0.3) is 0 Å². The predicted molar refractivity (Wildman–Crippen MR) is 85.6 cm³/mol. The number of hydrogen-bond donors (Lipinski definition) is 0. The predicted octanol–water partition coefficient (Wildman–Crippen LogP) is 4.11. The molecule has 0 aliphatic carbocycles. The van der Waals surface area contributed by atoms with Crippen LogP contribution in [-0.2, 0) is 14.2 Å². The van der Waals surface area contributed by atoms with Crippen molar-refractivity contribution >= 4 is 14.2 Å². The first-order chi connectivity index (χ1) is 9.62. The molecule has 4 nitrogen and oxygen atoms in total. The molecule has 0 aromatic rings. The van der Waals surface area contributed by atoms with E-state index in [1.54, 1.807) is 0 Å². The van der Waals surface area contributed by atoms with E-state index in [2.05, 4.69) is 52.3 Å². The van der Waals surface area contributed by atoms with Crippen molar-refractivity contribution in [3.8, 4) is 11.5 Å². The van der Waals surface area contributed by atoms with E-state index in [4.69, 9.17) is 14.2 Å². The molecule has 1 heterocycles. The van der Waals surface area contributed by atoms with E-state index in [1.165, 1.54) is 0 Å². The second kappa shape index (κ2) is 6.84. The molecule has 1 aliphatic rings. The Bertz CT molecular complexity index is 428. The van der Waals surface area contributed by atoms with Crippen molar-refractivity contribution in [3.05, 3.63) is 0 Å². The largest absolute Gasteiger partial charge is 0.511 e. The highest BCUT2D eigenvalue weighted by atomic mass is 28.3. The fourth-order valence-corrected chi connectivity index (χ4v) is 2.59. The van der Waals surface area contributed by atoms with Gasteiger partial charge < -0.3 is 14.2 Å². The maximum Gasteiger partial charge on any atom is 0.511 e. The van der Waals surface area contributed by atoms with Gasteiger partial charge in [0.2, 0.25) is 0 Å². The number of carbonyl (C=O) groups is 1. The molecule has 0 bridgehead atoms. The van der Waals surface area contributed by atoms with Gasteiger partial charge in [0.25, 0.3) is 5.79 Å². The molecule has 0 amide bonds. The van der Waals surface area contributed by atoms with Crippen LogP contribution in [0.15, 0.2) is 0 Å². The highest BCUT2D eigenvalue weighted by Crippen LogP contribution is 2.35. The van der Waals surface area contributed by atoms with Crippen molar-refractivity contribution in [1.82, 2.24) is 0 Å². The van der Waals surface area contributed by atoms with Crippen LogP contribution in [0.2, 0.25) is 18.1 Å². The first kappa shape index (κ1) is 18.1. The zero-order chi connectivity index (χ0) is 16.1. The van der Waals surface area contributed by atoms with Gasteiger partial charge >= 0.3 is 6.16 Å². The Morgan fingerprint density at radius 1 is 1.38 bits per heavy atom. The van der Waals surface area contributed by atoms with E-state index in [0.717, 1.165) is 12.8 Å². The number of cyclic esters (lactones) is 2. The summed E-state index contributed by atoms with van der Waals surface area (Å²) in [5.41, 5.74) is 3.39. The Morgan fingerprint density at radius 3 is 2.52 bits per heavy atom. The quantitative estimate of drug-likeness (QED) is 0.435. The molecule has 21 heavy (non-hydrogen) atoms. The second-order valence-corrected chi connectivity index (χ2v) is 12.1. The first-order valence-electron chi connectivity index (χ1n) is 7.62. The average molecular weight is 312 g/mol. The molecule has 0 saturated carbocycles. The van der Waals surface area contributed by atoms with Gasteiger partial charge in [-0.05, 0) is 11.5 Å². The maximum atomic E-state index is 11.2. The van der Waals surface area contributed by atoms with E-state index in [-0.39, 0.29) is 18.3 Å². The van der Waals surface area contributed by atoms with Crippen LogP contribution in [0, 0.1) is 11.5 Å². The molecule has 0 aromatic carbocycles. The van der Waals surface area contributed by atoms with Crippen molar-refractivity contribution in [2.75, 3.05) is 13.2 Å². The standard InChI is InChI=1S/C16H28O4Si/c1-7-8-10-16(13-18-14(17)20-16)19-11-9-12-21(5,6)15(2,3)4/h7-8,10-11,13H2,1-6H3. The van der Waals surface area contributed by atoms with Gasteiger partial charge in [0.15, 0.2) is 6.61 Å². The summed E-state index contributed by atoms with van der Waals surface area (Å²) in [6.45, 7) is 13.7. The lowest BCUT2D eigenvalue weighted by Crippen LogP contribution is -2.37. The Kier molecular flexibility index (Phi) is 5.89. The van der Waals surface area contributed by atoms with Gasteiger partial charge in [-0.25, -0.2) is 4.79 Å². The highest BCUT2D eigenvalue weighted by Gasteiger charge is 2.43. The van der Waals surface area contributed by atoms with Crippen LogP contribution in [0.3, 0.4) is 0 Å². The van der Waals surface area contributed by atoms with E-state index < -0.39 is 20.0 Å². The fourth-order valence-electron chi connectivity index (χ4n) is 1.70. The minimum Gasteiger partial charge on any atom is -0.427 e. The summed E-state index contributed by atoms with van der Waals surface area (Å²) in [7, 11) is -1.63. The van der Waals surface area contributed by atoms with Crippen molar-refractivity contribution in [2.45, 2.75) is 70.9 Å². The summed E-state index contributed by atoms with van der Waals surface area (Å²) in [6, 6.07) is 0. The molecule has 120 valence electrons. The normalized spacial score (nSPS) is 22.3. The molecule has 1 fully saturated rings. The topological polar surface area (TPSA) is 44.8 Å². The van der Waals surface area contributed by atoms with Gasteiger partial charge in [-0.1, -0.05) is 53.1 Å². The van der Waals surface area contributed by atoms with Gasteiger partial charge in [-0.3, -0.25) is 0 Å². The lowest BCUT2D eigenvalue weighted by Gasteiger charge is -2.31. The number of unbranched alkanes of at least 4 members (excludes halogenated alkanes) is 1. The molecule has 0 aromatic heterocycles. The molecule has 1 unspecified atom stereocenters. The van der Waals surface area contributed by atoms with Crippen LogP contribution in [0.1, 0.15) is 47.0 Å². The third kappa shape index (κ3) is 5.05. The van der Waals surface area contributed by atoms with Gasteiger partial charge in [0, 0.05) is 6.42 Å². The number of ether oxygens (including phenoxy) is 3. The summed E-state index contributed by atoms with van der Waals surface area (Å²) in [5, 5.41) is 0.225. The van der Waals surface area contributed by atoms with Crippen LogP contribution < -0.4 is 0 Å². The van der Waals surface area contributed by atoms with Crippen LogP contribution >= 0.6 is 0 Å². The Labute approximate surface area is 129 Å². The third-order valence-electron chi connectivity index (χ3n) is 4.27. The van der Waals surface area contributed by atoms with Crippen molar-refractivity contribution in [2.24, 2.45) is 0 Å². The Balaban J connectivity index is 2.62. The van der Waals surface area contributed by atoms with E-state index >= 15 is 0 Å². The van der Waals surface area contributed by atoms with Crippen LogP contribution in [0.4, 0.5) is 4.79 Å². The summed E-state index contributed by atoms with van der Waals surface area (Å²) in [5.74, 6) is 2.18. The van der Waals surface area contributed by atoms with Crippen molar-refractivity contribution in [1.29, 1.82) is 0 Å². The van der Waals surface area contributed by atoms with Crippen molar-refractivity contribution in [3.63, 3.8) is 0 Å². The van der Waals surface area contributed by atoms with Gasteiger partial charge in [0.1, 0.15) is 14.7 Å². The smallest absolute Gasteiger partial charge is 0.427 e. The zero-order valence-corrected chi connectivity index (χ0v) is 15.2. The Hall–Kier alpha value is -0.993. The monoisotopic (exact) mass is 312 g/mol. The molecular formula is C16H28O4Si. The van der Waals surface area contributed by atoms with Crippen LogP contribution in [0.5, 0.6) is 0 Å². The van der Waals surface area contributed by atoms with Gasteiger partial charge in [-0.15, -0.1) is 5.54 Å². The summed E-state index contributed by atoms with van der Waals surface area (Å²) < 4.78 is 15.9. The van der Waals surface area contributed by atoms with E-state index in [0.29, 0.717) is 6.42 Å². The lowest BCUT2D eigenvalue weighted by molar-refractivity contribution is -0.175. The van der Waals surface area contributed by atoms with Crippen molar-refractivity contribution < 1.29 is 19.0 Å². The minimum atomic E-state index is -1.63.